The Morgan fingerprint density at radius 2 is 1.14 bits per heavy atom. The summed E-state index contributed by atoms with van der Waals surface area (Å²) in [6, 6.07) is 21.7. The second-order valence-electron chi connectivity index (χ2n) is 8.84. The van der Waals surface area contributed by atoms with Crippen LogP contribution >= 0.6 is 23.5 Å². The number of hydrogen-bond donors (Lipinski definition) is 0. The standard InChI is InChI=1S/C28H28N2O10S4/c1-20-9-15-24(16-10-20)42-26(28(32)38-3)30-40-44(35,36)19-23-13-11-21(12-14-23)17-41-25(27(31)37-2)29-39-43(33,34)18-22-7-5-4-6-8-22/h4-16H,17-19H2,1-3H3. The first kappa shape index (κ1) is 34.6. The highest BCUT2D eigenvalue weighted by Crippen LogP contribution is 2.22. The fourth-order valence-corrected chi connectivity index (χ4v) is 6.51. The summed E-state index contributed by atoms with van der Waals surface area (Å²) in [4.78, 5) is 24.9. The van der Waals surface area contributed by atoms with Crippen LogP contribution in [0.15, 0.2) is 94.1 Å². The molecule has 0 unspecified atom stereocenters. The van der Waals surface area contributed by atoms with Gasteiger partial charge >= 0.3 is 32.2 Å². The Labute approximate surface area is 264 Å². The van der Waals surface area contributed by atoms with E-state index in [1.54, 1.807) is 54.6 Å². The molecule has 0 saturated heterocycles. The largest absolute Gasteiger partial charge is 0.464 e. The molecule has 0 saturated carbocycles. The van der Waals surface area contributed by atoms with Gasteiger partial charge in [0, 0.05) is 10.6 Å². The van der Waals surface area contributed by atoms with Crippen LogP contribution in [0.4, 0.5) is 0 Å². The van der Waals surface area contributed by atoms with Gasteiger partial charge in [-0.25, -0.2) is 9.59 Å². The first-order chi connectivity index (χ1) is 20.9. The minimum Gasteiger partial charge on any atom is -0.464 e. The summed E-state index contributed by atoms with van der Waals surface area (Å²) in [7, 11) is -6.10. The van der Waals surface area contributed by atoms with Gasteiger partial charge in [0.25, 0.3) is 0 Å². The summed E-state index contributed by atoms with van der Waals surface area (Å²) in [5.41, 5.74) is 2.50. The molecule has 0 amide bonds. The van der Waals surface area contributed by atoms with Crippen molar-refractivity contribution in [1.82, 2.24) is 0 Å². The van der Waals surface area contributed by atoms with Crippen LogP contribution in [0.2, 0.25) is 0 Å². The fraction of sp³-hybridized carbons (Fsp3) is 0.214. The van der Waals surface area contributed by atoms with Crippen molar-refractivity contribution >= 4 is 65.8 Å². The Morgan fingerprint density at radius 3 is 1.68 bits per heavy atom. The van der Waals surface area contributed by atoms with Crippen molar-refractivity contribution in [2.75, 3.05) is 14.2 Å². The maximum atomic E-state index is 12.6. The third kappa shape index (κ3) is 11.7. The quantitative estimate of drug-likeness (QED) is 0.0924. The lowest BCUT2D eigenvalue weighted by Crippen LogP contribution is -2.15. The summed E-state index contributed by atoms with van der Waals surface area (Å²) in [5.74, 6) is -2.58. The van der Waals surface area contributed by atoms with E-state index in [4.69, 9.17) is 8.57 Å². The van der Waals surface area contributed by atoms with Crippen molar-refractivity contribution < 1.29 is 44.5 Å². The van der Waals surface area contributed by atoms with Crippen LogP contribution in [0, 0.1) is 6.92 Å². The fourth-order valence-electron chi connectivity index (χ4n) is 3.21. The monoisotopic (exact) mass is 680 g/mol. The Morgan fingerprint density at radius 1 is 0.659 bits per heavy atom. The predicted molar refractivity (Wildman–Crippen MR) is 168 cm³/mol. The Bertz CT molecular complexity index is 1710. The molecule has 3 rings (SSSR count). The number of rotatable bonds is 11. The van der Waals surface area contributed by atoms with Crippen LogP contribution in [-0.2, 0) is 65.1 Å². The third-order valence-electron chi connectivity index (χ3n) is 5.35. The number of ether oxygens (including phenoxy) is 2. The van der Waals surface area contributed by atoms with Crippen LogP contribution in [-0.4, -0.2) is 53.1 Å². The lowest BCUT2D eigenvalue weighted by molar-refractivity contribution is -0.133. The minimum absolute atomic E-state index is 0.155. The van der Waals surface area contributed by atoms with Crippen molar-refractivity contribution in [3.8, 4) is 0 Å². The van der Waals surface area contributed by atoms with Crippen molar-refractivity contribution in [3.63, 3.8) is 0 Å². The average molecular weight is 681 g/mol. The zero-order valence-electron chi connectivity index (χ0n) is 23.7. The molecule has 3 aromatic carbocycles. The van der Waals surface area contributed by atoms with Gasteiger partial charge in [0.15, 0.2) is 0 Å². The lowest BCUT2D eigenvalue weighted by Gasteiger charge is -2.07. The van der Waals surface area contributed by atoms with Gasteiger partial charge in [-0.2, -0.15) is 16.8 Å². The van der Waals surface area contributed by atoms with Gasteiger partial charge in [0.05, 0.1) is 14.2 Å². The molecule has 0 aliphatic rings. The number of carbonyl (C=O) groups is 2. The molecule has 0 aliphatic heterocycles. The van der Waals surface area contributed by atoms with Crippen LogP contribution in [0.25, 0.3) is 0 Å². The molecule has 0 fully saturated rings. The van der Waals surface area contributed by atoms with Gasteiger partial charge in [0.2, 0.25) is 10.1 Å². The van der Waals surface area contributed by atoms with E-state index in [0.29, 0.717) is 21.6 Å². The first-order valence-electron chi connectivity index (χ1n) is 12.5. The molecule has 234 valence electrons. The normalized spacial score (nSPS) is 12.3. The highest BCUT2D eigenvalue weighted by Gasteiger charge is 2.21. The summed E-state index contributed by atoms with van der Waals surface area (Å²) >= 11 is 1.76. The molecule has 16 heteroatoms. The zero-order chi connectivity index (χ0) is 32.2. The second kappa shape index (κ2) is 16.3. The zero-order valence-corrected chi connectivity index (χ0v) is 27.0. The number of thioether (sulfide) groups is 2. The van der Waals surface area contributed by atoms with E-state index in [2.05, 4.69) is 19.8 Å². The highest BCUT2D eigenvalue weighted by atomic mass is 32.2. The third-order valence-corrected chi connectivity index (χ3v) is 9.26. The number of esters is 2. The number of carbonyl (C=O) groups excluding carboxylic acids is 2. The number of nitrogens with zero attached hydrogens (tertiary/aromatic N) is 2. The van der Waals surface area contributed by atoms with Crippen molar-refractivity contribution in [1.29, 1.82) is 0 Å². The molecule has 0 bridgehead atoms. The number of aryl methyl sites for hydroxylation is 1. The molecule has 0 atom stereocenters. The average Bonchev–Trinajstić information content (AvgIpc) is 3.00. The van der Waals surface area contributed by atoms with Gasteiger partial charge < -0.3 is 9.47 Å². The van der Waals surface area contributed by atoms with E-state index in [-0.39, 0.29) is 15.8 Å². The SMILES string of the molecule is COC(=O)C(=NOS(=O)(=O)Cc1ccccc1)SCc1ccc(CS(=O)(=O)ON=C(Sc2ccc(C)cc2)C(=O)OC)cc1. The van der Waals surface area contributed by atoms with Crippen molar-refractivity contribution in [3.05, 3.63) is 101 Å². The summed E-state index contributed by atoms with van der Waals surface area (Å²) in [6.07, 6.45) is 0. The van der Waals surface area contributed by atoms with Crippen LogP contribution in [0.3, 0.4) is 0 Å². The molecule has 0 radical (unpaired) electrons. The van der Waals surface area contributed by atoms with E-state index in [0.717, 1.165) is 43.3 Å². The van der Waals surface area contributed by atoms with E-state index < -0.39 is 43.7 Å². The minimum atomic E-state index is -4.24. The molecule has 0 aliphatic carbocycles. The molecule has 44 heavy (non-hydrogen) atoms. The Kier molecular flexibility index (Phi) is 12.8. The van der Waals surface area contributed by atoms with E-state index in [9.17, 15) is 26.4 Å². The number of hydrogen-bond acceptors (Lipinski definition) is 14. The first-order valence-corrected chi connectivity index (χ1v) is 17.5. The molecule has 0 spiro atoms. The second-order valence-corrected chi connectivity index (χ2v) is 14.0. The van der Waals surface area contributed by atoms with Gasteiger partial charge in [-0.3, -0.25) is 8.57 Å². The molecule has 12 nitrogen and oxygen atoms in total. The molecule has 0 N–H and O–H groups in total. The Balaban J connectivity index is 1.61. The van der Waals surface area contributed by atoms with Gasteiger partial charge in [-0.15, -0.1) is 0 Å². The number of methoxy groups -OCH3 is 2. The summed E-state index contributed by atoms with van der Waals surface area (Å²) in [5, 5.41) is 6.41. The number of benzene rings is 3. The Hall–Kier alpha value is -3.86. The van der Waals surface area contributed by atoms with Gasteiger partial charge in [-0.05, 0) is 35.7 Å². The molecular formula is C28H28N2O10S4. The van der Waals surface area contributed by atoms with E-state index >= 15 is 0 Å². The molecule has 0 heterocycles. The predicted octanol–water partition coefficient (Wildman–Crippen LogP) is 4.39. The maximum Gasteiger partial charge on any atom is 0.367 e. The van der Waals surface area contributed by atoms with E-state index in [1.807, 2.05) is 19.1 Å². The van der Waals surface area contributed by atoms with E-state index in [1.165, 1.54) is 12.1 Å². The maximum absolute atomic E-state index is 12.6. The topological polar surface area (TPSA) is 164 Å². The van der Waals surface area contributed by atoms with Crippen molar-refractivity contribution in [2.24, 2.45) is 10.3 Å². The number of oxime groups is 2. The van der Waals surface area contributed by atoms with Crippen LogP contribution in [0.5, 0.6) is 0 Å². The van der Waals surface area contributed by atoms with Gasteiger partial charge in [0.1, 0.15) is 11.5 Å². The molecular weight excluding hydrogens is 653 g/mol. The van der Waals surface area contributed by atoms with Gasteiger partial charge in [-0.1, -0.05) is 106 Å². The molecule has 3 aromatic rings. The molecule has 0 aromatic heterocycles. The van der Waals surface area contributed by atoms with Crippen LogP contribution in [0.1, 0.15) is 22.3 Å². The van der Waals surface area contributed by atoms with Crippen LogP contribution < -0.4 is 0 Å². The summed E-state index contributed by atoms with van der Waals surface area (Å²) < 4.78 is 68.5. The highest BCUT2D eigenvalue weighted by molar-refractivity contribution is 8.15. The van der Waals surface area contributed by atoms with Crippen molar-refractivity contribution in [2.45, 2.75) is 29.1 Å². The summed E-state index contributed by atoms with van der Waals surface area (Å²) in [6.45, 7) is 1.90. The lowest BCUT2D eigenvalue weighted by atomic mass is 10.2. The smallest absolute Gasteiger partial charge is 0.367 e.